The standard InChI is InChI=1S/C16H11ClN4O/c17-8-4-5-12-10(6-8)11(7-19-12)16-20-13-3-1-2-9(15(18)22)14(13)21-16/h1-7,19H,(H2,18,22)(H,20,21). The lowest BCUT2D eigenvalue weighted by Gasteiger charge is -1.95. The summed E-state index contributed by atoms with van der Waals surface area (Å²) in [5.74, 6) is 0.169. The summed E-state index contributed by atoms with van der Waals surface area (Å²) in [5, 5.41) is 1.62. The minimum atomic E-state index is -0.495. The van der Waals surface area contributed by atoms with E-state index in [-0.39, 0.29) is 0 Å². The van der Waals surface area contributed by atoms with Gasteiger partial charge in [-0.05, 0) is 30.3 Å². The SMILES string of the molecule is NC(=O)c1cccc2[nH]c(-c3c[nH]c4ccc(Cl)cc34)nc12. The van der Waals surface area contributed by atoms with Crippen molar-refractivity contribution in [1.82, 2.24) is 15.0 Å². The molecule has 0 aliphatic rings. The number of para-hydroxylation sites is 1. The minimum absolute atomic E-state index is 0.401. The van der Waals surface area contributed by atoms with Crippen LogP contribution in [-0.4, -0.2) is 20.9 Å². The molecule has 22 heavy (non-hydrogen) atoms. The van der Waals surface area contributed by atoms with Crippen molar-refractivity contribution >= 4 is 39.4 Å². The van der Waals surface area contributed by atoms with Gasteiger partial charge in [-0.15, -0.1) is 0 Å². The third kappa shape index (κ3) is 1.87. The van der Waals surface area contributed by atoms with Gasteiger partial charge in [0, 0.05) is 27.7 Å². The van der Waals surface area contributed by atoms with Gasteiger partial charge in [-0.3, -0.25) is 4.79 Å². The molecule has 0 saturated carbocycles. The van der Waals surface area contributed by atoms with Gasteiger partial charge in [-0.25, -0.2) is 4.98 Å². The van der Waals surface area contributed by atoms with Crippen LogP contribution in [0.15, 0.2) is 42.6 Å². The summed E-state index contributed by atoms with van der Waals surface area (Å²) in [6, 6.07) is 10.9. The molecular weight excluding hydrogens is 300 g/mol. The summed E-state index contributed by atoms with van der Waals surface area (Å²) in [6.45, 7) is 0. The van der Waals surface area contributed by atoms with Crippen LogP contribution >= 0.6 is 11.6 Å². The molecule has 0 aliphatic heterocycles. The molecule has 4 rings (SSSR count). The Bertz CT molecular complexity index is 1030. The molecule has 0 aliphatic carbocycles. The summed E-state index contributed by atoms with van der Waals surface area (Å²) in [6.07, 6.45) is 1.86. The number of benzene rings is 2. The van der Waals surface area contributed by atoms with Crippen LogP contribution in [0, 0.1) is 0 Å². The monoisotopic (exact) mass is 310 g/mol. The number of nitrogens with two attached hydrogens (primary N) is 1. The molecule has 2 aromatic carbocycles. The molecule has 6 heteroatoms. The molecular formula is C16H11ClN4O. The van der Waals surface area contributed by atoms with Crippen molar-refractivity contribution in [2.75, 3.05) is 0 Å². The first kappa shape index (κ1) is 12.9. The van der Waals surface area contributed by atoms with Crippen molar-refractivity contribution < 1.29 is 4.79 Å². The van der Waals surface area contributed by atoms with E-state index < -0.39 is 5.91 Å². The number of imidazole rings is 1. The van der Waals surface area contributed by atoms with E-state index in [1.165, 1.54) is 0 Å². The highest BCUT2D eigenvalue weighted by atomic mass is 35.5. The van der Waals surface area contributed by atoms with E-state index in [9.17, 15) is 4.79 Å². The maximum Gasteiger partial charge on any atom is 0.250 e. The summed E-state index contributed by atoms with van der Waals surface area (Å²) in [7, 11) is 0. The highest BCUT2D eigenvalue weighted by molar-refractivity contribution is 6.31. The summed E-state index contributed by atoms with van der Waals surface area (Å²) in [5.41, 5.74) is 9.00. The van der Waals surface area contributed by atoms with Crippen LogP contribution < -0.4 is 5.73 Å². The Morgan fingerprint density at radius 2 is 2.05 bits per heavy atom. The topological polar surface area (TPSA) is 87.6 Å². The first-order valence-electron chi connectivity index (χ1n) is 6.69. The fourth-order valence-corrected chi connectivity index (χ4v) is 2.82. The van der Waals surface area contributed by atoms with Crippen LogP contribution in [0.4, 0.5) is 0 Å². The maximum absolute atomic E-state index is 11.5. The molecule has 2 aromatic heterocycles. The lowest BCUT2D eigenvalue weighted by molar-refractivity contribution is 0.100. The Morgan fingerprint density at radius 3 is 2.86 bits per heavy atom. The number of hydrogen-bond acceptors (Lipinski definition) is 2. The third-order valence-electron chi connectivity index (χ3n) is 3.68. The first-order valence-corrected chi connectivity index (χ1v) is 7.07. The average molecular weight is 311 g/mol. The Labute approximate surface area is 130 Å². The van der Waals surface area contributed by atoms with Crippen LogP contribution in [0.5, 0.6) is 0 Å². The van der Waals surface area contributed by atoms with Gasteiger partial charge in [0.05, 0.1) is 11.1 Å². The van der Waals surface area contributed by atoms with Gasteiger partial charge in [-0.2, -0.15) is 0 Å². The van der Waals surface area contributed by atoms with Gasteiger partial charge < -0.3 is 15.7 Å². The van der Waals surface area contributed by atoms with Crippen LogP contribution in [-0.2, 0) is 0 Å². The molecule has 4 N–H and O–H groups in total. The lowest BCUT2D eigenvalue weighted by atomic mass is 10.1. The van der Waals surface area contributed by atoms with E-state index in [0.717, 1.165) is 22.0 Å². The molecule has 1 amide bonds. The predicted octanol–water partition coefficient (Wildman–Crippen LogP) is 3.46. The number of aromatic amines is 2. The van der Waals surface area contributed by atoms with Gasteiger partial charge in [0.1, 0.15) is 11.3 Å². The fraction of sp³-hybridized carbons (Fsp3) is 0. The summed E-state index contributed by atoms with van der Waals surface area (Å²) >= 11 is 6.07. The quantitative estimate of drug-likeness (QED) is 0.529. The number of fused-ring (bicyclic) bond motifs is 2. The number of nitrogens with zero attached hydrogens (tertiary/aromatic N) is 1. The van der Waals surface area contributed by atoms with E-state index in [1.807, 2.05) is 30.5 Å². The van der Waals surface area contributed by atoms with Gasteiger partial charge in [0.15, 0.2) is 0 Å². The van der Waals surface area contributed by atoms with E-state index in [1.54, 1.807) is 12.1 Å². The molecule has 0 radical (unpaired) electrons. The van der Waals surface area contributed by atoms with E-state index >= 15 is 0 Å². The van der Waals surface area contributed by atoms with Gasteiger partial charge >= 0.3 is 0 Å². The minimum Gasteiger partial charge on any atom is -0.366 e. The van der Waals surface area contributed by atoms with Crippen LogP contribution in [0.2, 0.25) is 5.02 Å². The zero-order valence-electron chi connectivity index (χ0n) is 11.4. The third-order valence-corrected chi connectivity index (χ3v) is 3.91. The van der Waals surface area contributed by atoms with E-state index in [2.05, 4.69) is 15.0 Å². The molecule has 0 atom stereocenters. The first-order chi connectivity index (χ1) is 10.6. The summed E-state index contributed by atoms with van der Waals surface area (Å²) < 4.78 is 0. The highest BCUT2D eigenvalue weighted by Gasteiger charge is 2.14. The predicted molar refractivity (Wildman–Crippen MR) is 86.9 cm³/mol. The number of nitrogens with one attached hydrogen (secondary N) is 2. The normalized spacial score (nSPS) is 11.3. The number of amides is 1. The van der Waals surface area contributed by atoms with Crippen molar-refractivity contribution in [1.29, 1.82) is 0 Å². The van der Waals surface area contributed by atoms with E-state index in [4.69, 9.17) is 17.3 Å². The molecule has 0 spiro atoms. The molecule has 0 bridgehead atoms. The number of carbonyl (C=O) groups is 1. The number of halogens is 1. The second kappa shape index (κ2) is 4.61. The number of H-pyrrole nitrogens is 2. The molecule has 108 valence electrons. The number of rotatable bonds is 2. The second-order valence-electron chi connectivity index (χ2n) is 5.04. The maximum atomic E-state index is 11.5. The summed E-state index contributed by atoms with van der Waals surface area (Å²) in [4.78, 5) is 22.5. The van der Waals surface area contributed by atoms with Gasteiger partial charge in [0.25, 0.3) is 5.91 Å². The highest BCUT2D eigenvalue weighted by Crippen LogP contribution is 2.30. The molecule has 4 aromatic rings. The zero-order chi connectivity index (χ0) is 15.3. The van der Waals surface area contributed by atoms with Crippen LogP contribution in [0.25, 0.3) is 33.3 Å². The van der Waals surface area contributed by atoms with Crippen molar-refractivity contribution in [3.63, 3.8) is 0 Å². The van der Waals surface area contributed by atoms with Gasteiger partial charge in [-0.1, -0.05) is 17.7 Å². The Kier molecular flexibility index (Phi) is 2.71. The fourth-order valence-electron chi connectivity index (χ4n) is 2.65. The second-order valence-corrected chi connectivity index (χ2v) is 5.48. The van der Waals surface area contributed by atoms with E-state index in [0.29, 0.717) is 21.9 Å². The molecule has 0 fully saturated rings. The van der Waals surface area contributed by atoms with Crippen LogP contribution in [0.3, 0.4) is 0 Å². The molecule has 2 heterocycles. The average Bonchev–Trinajstić information content (AvgIpc) is 3.08. The van der Waals surface area contributed by atoms with Gasteiger partial charge in [0.2, 0.25) is 0 Å². The molecule has 0 saturated heterocycles. The van der Waals surface area contributed by atoms with Crippen LogP contribution in [0.1, 0.15) is 10.4 Å². The Hall–Kier alpha value is -2.79. The molecule has 5 nitrogen and oxygen atoms in total. The zero-order valence-corrected chi connectivity index (χ0v) is 12.1. The van der Waals surface area contributed by atoms with Crippen molar-refractivity contribution in [3.05, 3.63) is 53.2 Å². The number of hydrogen-bond donors (Lipinski definition) is 3. The Morgan fingerprint density at radius 1 is 1.18 bits per heavy atom. The lowest BCUT2D eigenvalue weighted by Crippen LogP contribution is -2.11. The smallest absolute Gasteiger partial charge is 0.250 e. The van der Waals surface area contributed by atoms with Crippen molar-refractivity contribution in [2.24, 2.45) is 5.73 Å². The Balaban J connectivity index is 1.99. The number of carbonyl (C=O) groups excluding carboxylic acids is 1. The van der Waals surface area contributed by atoms with Crippen molar-refractivity contribution in [3.8, 4) is 11.4 Å². The molecule has 0 unspecified atom stereocenters. The van der Waals surface area contributed by atoms with Crippen molar-refractivity contribution in [2.45, 2.75) is 0 Å². The number of aromatic nitrogens is 3. The largest absolute Gasteiger partial charge is 0.366 e. The number of primary amides is 1.